The Morgan fingerprint density at radius 2 is 2.50 bits per heavy atom. The third-order valence-electron chi connectivity index (χ3n) is 1.23. The van der Waals surface area contributed by atoms with Crippen LogP contribution in [0, 0.1) is 0 Å². The Hall–Kier alpha value is -0.810. The van der Waals surface area contributed by atoms with E-state index in [1.165, 1.54) is 11.3 Å². The minimum absolute atomic E-state index is 0.623. The summed E-state index contributed by atoms with van der Waals surface area (Å²) in [7, 11) is 1.59. The monoisotopic (exact) mass is 188 g/mol. The van der Waals surface area contributed by atoms with Crippen molar-refractivity contribution in [1.29, 1.82) is 0 Å². The van der Waals surface area contributed by atoms with Gasteiger partial charge < -0.3 is 15.2 Å². The second-order valence-corrected chi connectivity index (χ2v) is 3.10. The maximum absolute atomic E-state index is 5.32. The van der Waals surface area contributed by atoms with Crippen LogP contribution in [0.4, 0.5) is 0 Å². The highest BCUT2D eigenvalue weighted by molar-refractivity contribution is 7.15. The highest BCUT2D eigenvalue weighted by Crippen LogP contribution is 2.26. The summed E-state index contributed by atoms with van der Waals surface area (Å²) < 4.78 is 10.2. The molecule has 2 N–H and O–H groups in total. The number of nitrogens with two attached hydrogens (primary N) is 1. The molecule has 5 heteroatoms. The predicted octanol–water partition coefficient (Wildman–Crippen LogP) is 0.879. The molecule has 1 rings (SSSR count). The van der Waals surface area contributed by atoms with Gasteiger partial charge in [-0.1, -0.05) is 0 Å². The van der Waals surface area contributed by atoms with E-state index < -0.39 is 0 Å². The van der Waals surface area contributed by atoms with Gasteiger partial charge in [-0.2, -0.15) is 0 Å². The van der Waals surface area contributed by atoms with Gasteiger partial charge in [-0.25, -0.2) is 4.98 Å². The molecule has 4 nitrogen and oxygen atoms in total. The van der Waals surface area contributed by atoms with Crippen molar-refractivity contribution >= 4 is 11.3 Å². The average molecular weight is 188 g/mol. The van der Waals surface area contributed by atoms with Gasteiger partial charge in [0.1, 0.15) is 0 Å². The van der Waals surface area contributed by atoms with E-state index in [0.717, 1.165) is 11.5 Å². The molecule has 0 amide bonds. The third-order valence-corrected chi connectivity index (χ3v) is 2.10. The van der Waals surface area contributed by atoms with Crippen LogP contribution in [0.15, 0.2) is 6.20 Å². The zero-order valence-corrected chi connectivity index (χ0v) is 7.76. The highest BCUT2D eigenvalue weighted by atomic mass is 32.1. The van der Waals surface area contributed by atoms with Crippen molar-refractivity contribution in [2.75, 3.05) is 20.3 Å². The molecule has 0 saturated heterocycles. The van der Waals surface area contributed by atoms with Crippen LogP contribution >= 0.6 is 11.3 Å². The lowest BCUT2D eigenvalue weighted by atomic mass is 10.5. The summed E-state index contributed by atoms with van der Waals surface area (Å²) >= 11 is 1.39. The summed E-state index contributed by atoms with van der Waals surface area (Å²) in [4.78, 5) is 3.95. The Balaban J connectivity index is 2.31. The van der Waals surface area contributed by atoms with E-state index in [4.69, 9.17) is 15.2 Å². The molecule has 12 heavy (non-hydrogen) atoms. The Morgan fingerprint density at radius 1 is 1.67 bits per heavy atom. The van der Waals surface area contributed by atoms with Crippen molar-refractivity contribution in [2.45, 2.75) is 6.42 Å². The summed E-state index contributed by atoms with van der Waals surface area (Å²) in [5.74, 6) is 0. The molecule has 1 aromatic heterocycles. The fourth-order valence-corrected chi connectivity index (χ4v) is 1.27. The highest BCUT2D eigenvalue weighted by Gasteiger charge is 2.00. The summed E-state index contributed by atoms with van der Waals surface area (Å²) in [5, 5.41) is 1.40. The summed E-state index contributed by atoms with van der Waals surface area (Å²) in [6, 6.07) is 0. The zero-order valence-electron chi connectivity index (χ0n) is 6.95. The van der Waals surface area contributed by atoms with Crippen molar-refractivity contribution in [3.63, 3.8) is 0 Å². The van der Waals surface area contributed by atoms with Crippen molar-refractivity contribution in [2.24, 2.45) is 5.73 Å². The van der Waals surface area contributed by atoms with Crippen LogP contribution in [0.2, 0.25) is 0 Å². The SMILES string of the molecule is COc1ncc(OCCCN)s1. The molecule has 68 valence electrons. The van der Waals surface area contributed by atoms with Crippen molar-refractivity contribution in [3.8, 4) is 10.3 Å². The molecule has 0 saturated carbocycles. The number of aromatic nitrogens is 1. The smallest absolute Gasteiger partial charge is 0.276 e. The average Bonchev–Trinajstić information content (AvgIpc) is 2.53. The molecule has 0 aliphatic rings. The summed E-state index contributed by atoms with van der Waals surface area (Å²) in [6.45, 7) is 1.29. The second-order valence-electron chi connectivity index (χ2n) is 2.14. The first kappa shape index (κ1) is 9.28. The molecule has 0 bridgehead atoms. The van der Waals surface area contributed by atoms with E-state index in [1.807, 2.05) is 0 Å². The van der Waals surface area contributed by atoms with Crippen molar-refractivity contribution in [3.05, 3.63) is 6.20 Å². The van der Waals surface area contributed by atoms with Crippen LogP contribution in [0.1, 0.15) is 6.42 Å². The molecule has 1 aromatic rings. The van der Waals surface area contributed by atoms with Crippen molar-refractivity contribution in [1.82, 2.24) is 4.98 Å². The fraction of sp³-hybridized carbons (Fsp3) is 0.571. The number of hydrogen-bond donors (Lipinski definition) is 1. The maximum Gasteiger partial charge on any atom is 0.276 e. The van der Waals surface area contributed by atoms with Gasteiger partial charge in [0, 0.05) is 0 Å². The molecular weight excluding hydrogens is 176 g/mol. The lowest BCUT2D eigenvalue weighted by Crippen LogP contribution is -2.05. The summed E-state index contributed by atoms with van der Waals surface area (Å²) in [6.07, 6.45) is 2.51. The van der Waals surface area contributed by atoms with Gasteiger partial charge in [-0.15, -0.1) is 0 Å². The maximum atomic E-state index is 5.32. The topological polar surface area (TPSA) is 57.4 Å². The lowest BCUT2D eigenvalue weighted by Gasteiger charge is -1.98. The standard InChI is InChI=1S/C7H12N2O2S/c1-10-7-9-5-6(12-7)11-4-2-3-8/h5H,2-4,8H2,1H3. The van der Waals surface area contributed by atoms with Gasteiger partial charge in [0.2, 0.25) is 0 Å². The molecule has 0 unspecified atom stereocenters. The van der Waals surface area contributed by atoms with Crippen LogP contribution in [0.3, 0.4) is 0 Å². The summed E-state index contributed by atoms with van der Waals surface area (Å²) in [5.41, 5.74) is 5.31. The first-order valence-corrected chi connectivity index (χ1v) is 4.51. The largest absolute Gasteiger partial charge is 0.483 e. The quantitative estimate of drug-likeness (QED) is 0.697. The molecule has 0 spiro atoms. The predicted molar refractivity (Wildman–Crippen MR) is 47.8 cm³/mol. The van der Waals surface area contributed by atoms with E-state index in [2.05, 4.69) is 4.98 Å². The molecule has 0 aliphatic carbocycles. The molecular formula is C7H12N2O2S. The van der Waals surface area contributed by atoms with Crippen LogP contribution in [-0.2, 0) is 0 Å². The third kappa shape index (κ3) is 2.67. The molecule has 0 fully saturated rings. The van der Waals surface area contributed by atoms with E-state index in [1.54, 1.807) is 13.3 Å². The number of methoxy groups -OCH3 is 1. The van der Waals surface area contributed by atoms with Crippen LogP contribution in [0.5, 0.6) is 10.3 Å². The van der Waals surface area contributed by atoms with Gasteiger partial charge in [-0.05, 0) is 24.3 Å². The molecule has 0 radical (unpaired) electrons. The van der Waals surface area contributed by atoms with E-state index in [0.29, 0.717) is 18.3 Å². The Labute approximate surface area is 75.3 Å². The van der Waals surface area contributed by atoms with Gasteiger partial charge in [0.05, 0.1) is 19.9 Å². The molecule has 0 aromatic carbocycles. The first-order valence-electron chi connectivity index (χ1n) is 3.69. The van der Waals surface area contributed by atoms with Crippen LogP contribution < -0.4 is 15.2 Å². The zero-order chi connectivity index (χ0) is 8.81. The molecule has 1 heterocycles. The number of nitrogens with zero attached hydrogens (tertiary/aromatic N) is 1. The first-order chi connectivity index (χ1) is 5.86. The lowest BCUT2D eigenvalue weighted by molar-refractivity contribution is 0.322. The van der Waals surface area contributed by atoms with Gasteiger partial charge in [-0.3, -0.25) is 0 Å². The normalized spacial score (nSPS) is 9.83. The number of hydrogen-bond acceptors (Lipinski definition) is 5. The van der Waals surface area contributed by atoms with E-state index >= 15 is 0 Å². The van der Waals surface area contributed by atoms with Crippen LogP contribution in [0.25, 0.3) is 0 Å². The second kappa shape index (κ2) is 4.95. The minimum Gasteiger partial charge on any atom is -0.483 e. The number of ether oxygens (including phenoxy) is 2. The minimum atomic E-state index is 0.623. The fourth-order valence-electron chi connectivity index (χ4n) is 0.661. The number of thiazole rings is 1. The van der Waals surface area contributed by atoms with E-state index in [-0.39, 0.29) is 0 Å². The van der Waals surface area contributed by atoms with Gasteiger partial charge in [0.25, 0.3) is 5.19 Å². The molecule has 0 aliphatic heterocycles. The number of rotatable bonds is 5. The van der Waals surface area contributed by atoms with Gasteiger partial charge in [0.15, 0.2) is 5.06 Å². The van der Waals surface area contributed by atoms with E-state index in [9.17, 15) is 0 Å². The Kier molecular flexibility index (Phi) is 3.83. The van der Waals surface area contributed by atoms with Crippen LogP contribution in [-0.4, -0.2) is 25.2 Å². The van der Waals surface area contributed by atoms with Gasteiger partial charge >= 0.3 is 0 Å². The Morgan fingerprint density at radius 3 is 3.08 bits per heavy atom. The molecule has 0 atom stereocenters. The Bertz CT molecular complexity index is 227. The van der Waals surface area contributed by atoms with Crippen molar-refractivity contribution < 1.29 is 9.47 Å².